The Kier molecular flexibility index (Phi) is 10.9. The molecular formula is C22H27Cl2N7O7S2. The van der Waals surface area contributed by atoms with Crippen molar-refractivity contribution in [2.24, 2.45) is 0 Å². The van der Waals surface area contributed by atoms with E-state index >= 15 is 0 Å². The van der Waals surface area contributed by atoms with Crippen molar-refractivity contribution in [3.05, 3.63) is 28.2 Å². The van der Waals surface area contributed by atoms with E-state index in [4.69, 9.17) is 23.2 Å². The lowest BCUT2D eigenvalue weighted by atomic mass is 10.1. The van der Waals surface area contributed by atoms with E-state index in [1.807, 2.05) is 0 Å². The van der Waals surface area contributed by atoms with E-state index in [1.54, 1.807) is 18.2 Å². The van der Waals surface area contributed by atoms with Gasteiger partial charge >= 0.3 is 5.97 Å². The summed E-state index contributed by atoms with van der Waals surface area (Å²) in [7, 11) is -3.68. The predicted octanol–water partition coefficient (Wildman–Crippen LogP) is 0.978. The number of carbonyl (C=O) groups is 4. The third-order valence-electron chi connectivity index (χ3n) is 5.93. The zero-order chi connectivity index (χ0) is 29.6. The molecule has 40 heavy (non-hydrogen) atoms. The SMILES string of the molecule is C[C@@H](C(=O)NC(CC(=O)O)C(=O)Cn1nnnc1Sc1c(Cl)cccc1Cl)N1CCCC[C@H](NS(C)(=O)=O)C1=O. The molecule has 3 atom stereocenters. The van der Waals surface area contributed by atoms with Crippen LogP contribution in [-0.2, 0) is 35.7 Å². The molecule has 1 unspecified atom stereocenters. The highest BCUT2D eigenvalue weighted by molar-refractivity contribution is 7.99. The van der Waals surface area contributed by atoms with E-state index in [9.17, 15) is 32.7 Å². The van der Waals surface area contributed by atoms with E-state index in [1.165, 1.54) is 11.8 Å². The van der Waals surface area contributed by atoms with Crippen LogP contribution in [0.3, 0.4) is 0 Å². The molecule has 1 aromatic carbocycles. The van der Waals surface area contributed by atoms with Crippen LogP contribution in [0.2, 0.25) is 10.0 Å². The standard InChI is InChI=1S/C22H27Cl2N7O7S2/c1-12(30-9-4-3-8-15(21(30)36)27-40(2,37)38)20(35)25-16(10-18(33)34)17(32)11-31-22(26-28-29-31)39-19-13(23)6-5-7-14(19)24/h5-7,12,15-16,27H,3-4,8-11H2,1-2H3,(H,25,35)(H,33,34)/t12-,15-,16?/m0/s1. The monoisotopic (exact) mass is 635 g/mol. The van der Waals surface area contributed by atoms with Crippen LogP contribution in [0.5, 0.6) is 0 Å². The number of benzene rings is 1. The maximum Gasteiger partial charge on any atom is 0.305 e. The lowest BCUT2D eigenvalue weighted by molar-refractivity contribution is -0.143. The fraction of sp³-hybridized carbons (Fsp3) is 0.500. The van der Waals surface area contributed by atoms with Crippen molar-refractivity contribution in [2.45, 2.75) is 67.3 Å². The molecule has 0 aliphatic carbocycles. The number of hydrogen-bond acceptors (Lipinski definition) is 10. The number of ketones is 1. The van der Waals surface area contributed by atoms with Gasteiger partial charge in [0.05, 0.1) is 33.7 Å². The Bertz CT molecular complexity index is 1370. The Hall–Kier alpha value is -2.79. The summed E-state index contributed by atoms with van der Waals surface area (Å²) in [6, 6.07) is 1.27. The molecule has 0 radical (unpaired) electrons. The van der Waals surface area contributed by atoms with Crippen molar-refractivity contribution in [3.8, 4) is 0 Å². The number of carboxylic acid groups (broad SMARTS) is 1. The summed E-state index contributed by atoms with van der Waals surface area (Å²) in [5.74, 6) is -3.41. The van der Waals surface area contributed by atoms with Gasteiger partial charge in [0.1, 0.15) is 18.6 Å². The largest absolute Gasteiger partial charge is 0.481 e. The number of carboxylic acids is 1. The van der Waals surface area contributed by atoms with E-state index in [-0.39, 0.29) is 18.1 Å². The van der Waals surface area contributed by atoms with Gasteiger partial charge in [-0.15, -0.1) is 5.10 Å². The molecule has 218 valence electrons. The molecule has 1 fully saturated rings. The van der Waals surface area contributed by atoms with Crippen molar-refractivity contribution in [2.75, 3.05) is 12.8 Å². The Labute approximate surface area is 244 Å². The molecule has 2 heterocycles. The van der Waals surface area contributed by atoms with Crippen molar-refractivity contribution >= 4 is 68.6 Å². The third-order valence-corrected chi connectivity index (χ3v) is 8.61. The quantitative estimate of drug-likeness (QED) is 0.301. The number of aliphatic carboxylic acids is 1. The molecule has 0 bridgehead atoms. The maximum atomic E-state index is 13.1. The van der Waals surface area contributed by atoms with Gasteiger partial charge < -0.3 is 15.3 Å². The topological polar surface area (TPSA) is 194 Å². The molecular weight excluding hydrogens is 609 g/mol. The van der Waals surface area contributed by atoms with Gasteiger partial charge in [-0.1, -0.05) is 29.3 Å². The minimum Gasteiger partial charge on any atom is -0.481 e. The number of rotatable bonds is 12. The van der Waals surface area contributed by atoms with E-state index < -0.39 is 64.7 Å². The molecule has 0 saturated carbocycles. The highest BCUT2D eigenvalue weighted by Gasteiger charge is 2.35. The molecule has 0 spiro atoms. The Morgan fingerprint density at radius 3 is 2.52 bits per heavy atom. The third kappa shape index (κ3) is 8.60. The predicted molar refractivity (Wildman–Crippen MR) is 144 cm³/mol. The summed E-state index contributed by atoms with van der Waals surface area (Å²) >= 11 is 13.4. The number of carbonyl (C=O) groups excluding carboxylic acids is 3. The molecule has 2 aromatic rings. The van der Waals surface area contributed by atoms with Crippen molar-refractivity contribution in [3.63, 3.8) is 0 Å². The van der Waals surface area contributed by atoms with E-state index in [2.05, 4.69) is 25.6 Å². The fourth-order valence-electron chi connectivity index (χ4n) is 3.97. The molecule has 1 aliphatic rings. The van der Waals surface area contributed by atoms with E-state index in [0.717, 1.165) is 22.7 Å². The molecule has 2 amide bonds. The van der Waals surface area contributed by atoms with Crippen LogP contribution in [0.15, 0.2) is 28.3 Å². The van der Waals surface area contributed by atoms with E-state index in [0.29, 0.717) is 27.8 Å². The molecule has 3 rings (SSSR count). The van der Waals surface area contributed by atoms with Gasteiger partial charge in [-0.25, -0.2) is 17.8 Å². The summed E-state index contributed by atoms with van der Waals surface area (Å²) in [5.41, 5.74) is 0. The summed E-state index contributed by atoms with van der Waals surface area (Å²) in [5, 5.41) is 23.8. The van der Waals surface area contributed by atoms with Crippen LogP contribution >= 0.6 is 35.0 Å². The highest BCUT2D eigenvalue weighted by Crippen LogP contribution is 2.37. The number of tetrazole rings is 1. The van der Waals surface area contributed by atoms with Crippen molar-refractivity contribution in [1.29, 1.82) is 0 Å². The number of likely N-dealkylation sites (tertiary alicyclic amines) is 1. The number of aromatic nitrogens is 4. The minimum absolute atomic E-state index is 0.150. The van der Waals surface area contributed by atoms with Gasteiger partial charge in [0.15, 0.2) is 5.78 Å². The first kappa shape index (κ1) is 31.7. The lowest BCUT2D eigenvalue weighted by Crippen LogP contribution is -2.56. The fourth-order valence-corrected chi connectivity index (χ4v) is 6.13. The highest BCUT2D eigenvalue weighted by atomic mass is 35.5. The number of nitrogens with one attached hydrogen (secondary N) is 2. The summed E-state index contributed by atoms with van der Waals surface area (Å²) in [6.07, 6.45) is 1.55. The van der Waals surface area contributed by atoms with Crippen molar-refractivity contribution < 1.29 is 32.7 Å². The van der Waals surface area contributed by atoms with Crippen LogP contribution in [0, 0.1) is 0 Å². The van der Waals surface area contributed by atoms with Gasteiger partial charge in [-0.05, 0) is 60.5 Å². The van der Waals surface area contributed by atoms with Gasteiger partial charge in [-0.3, -0.25) is 19.2 Å². The number of amides is 2. The second-order valence-electron chi connectivity index (χ2n) is 9.04. The first-order valence-corrected chi connectivity index (χ1v) is 15.4. The summed E-state index contributed by atoms with van der Waals surface area (Å²) in [4.78, 5) is 52.4. The van der Waals surface area contributed by atoms with Gasteiger partial charge in [0, 0.05) is 6.54 Å². The zero-order valence-electron chi connectivity index (χ0n) is 21.4. The van der Waals surface area contributed by atoms with Crippen LogP contribution in [0.25, 0.3) is 0 Å². The second-order valence-corrected chi connectivity index (χ2v) is 12.6. The van der Waals surface area contributed by atoms with Crippen molar-refractivity contribution in [1.82, 2.24) is 35.1 Å². The number of halogens is 2. The average molecular weight is 637 g/mol. The average Bonchev–Trinajstić information content (AvgIpc) is 3.21. The molecule has 14 nitrogen and oxygen atoms in total. The normalized spacial score (nSPS) is 17.6. The number of hydrogen-bond donors (Lipinski definition) is 3. The molecule has 1 saturated heterocycles. The van der Waals surface area contributed by atoms with Crippen LogP contribution in [-0.4, -0.2) is 93.1 Å². The van der Waals surface area contributed by atoms with Gasteiger partial charge in [-0.2, -0.15) is 0 Å². The number of nitrogens with zero attached hydrogens (tertiary/aromatic N) is 5. The van der Waals surface area contributed by atoms with Crippen LogP contribution in [0.1, 0.15) is 32.6 Å². The number of Topliss-reactive ketones (excluding diaryl/α,β-unsaturated/α-hetero) is 1. The molecule has 18 heteroatoms. The summed E-state index contributed by atoms with van der Waals surface area (Å²) in [6.45, 7) is 1.12. The molecule has 1 aromatic heterocycles. The maximum absolute atomic E-state index is 13.1. The molecule has 3 N–H and O–H groups in total. The van der Waals surface area contributed by atoms with Gasteiger partial charge in [0.25, 0.3) is 0 Å². The Morgan fingerprint density at radius 1 is 1.23 bits per heavy atom. The van der Waals surface area contributed by atoms with Gasteiger partial charge in [0.2, 0.25) is 27.0 Å². The first-order valence-electron chi connectivity index (χ1n) is 12.0. The summed E-state index contributed by atoms with van der Waals surface area (Å²) < 4.78 is 26.8. The number of sulfonamides is 1. The van der Waals surface area contributed by atoms with Crippen LogP contribution < -0.4 is 10.0 Å². The zero-order valence-corrected chi connectivity index (χ0v) is 24.6. The Morgan fingerprint density at radius 2 is 1.90 bits per heavy atom. The second kappa shape index (κ2) is 13.7. The molecule has 1 aliphatic heterocycles. The lowest BCUT2D eigenvalue weighted by Gasteiger charge is -2.30. The smallest absolute Gasteiger partial charge is 0.305 e. The van der Waals surface area contributed by atoms with Crippen LogP contribution in [0.4, 0.5) is 0 Å². The Balaban J connectivity index is 1.74. The minimum atomic E-state index is -3.68. The first-order chi connectivity index (χ1) is 18.8.